The van der Waals surface area contributed by atoms with E-state index in [1.807, 2.05) is 0 Å². The van der Waals surface area contributed by atoms with Gasteiger partial charge in [-0.1, -0.05) is 109 Å². The lowest BCUT2D eigenvalue weighted by molar-refractivity contribution is 1.04. The predicted octanol–water partition coefficient (Wildman–Crippen LogP) is 11.0. The number of imidazole rings is 1. The van der Waals surface area contributed by atoms with Crippen LogP contribution in [0.5, 0.6) is 0 Å². The summed E-state index contributed by atoms with van der Waals surface area (Å²) in [7, 11) is 0. The summed E-state index contributed by atoms with van der Waals surface area (Å²) < 4.78 is 2.27. The number of fused-ring (bicyclic) bond motifs is 7. The molecule has 2 aromatic heterocycles. The van der Waals surface area contributed by atoms with Gasteiger partial charge in [0.05, 0.1) is 16.6 Å². The molecule has 0 spiro atoms. The molecule has 43 heavy (non-hydrogen) atoms. The first-order chi connectivity index (χ1) is 21.3. The van der Waals surface area contributed by atoms with Crippen LogP contribution < -0.4 is 0 Å². The van der Waals surface area contributed by atoms with Crippen molar-refractivity contribution in [2.45, 2.75) is 12.8 Å². The Balaban J connectivity index is 1.28. The molecule has 0 saturated carbocycles. The lowest BCUT2D eigenvalue weighted by Gasteiger charge is -2.18. The average molecular weight is 549 g/mol. The van der Waals surface area contributed by atoms with Crippen LogP contribution in [-0.4, -0.2) is 9.38 Å². The molecule has 0 saturated heterocycles. The summed E-state index contributed by atoms with van der Waals surface area (Å²) in [6.45, 7) is 0. The minimum Gasteiger partial charge on any atom is -0.292 e. The van der Waals surface area contributed by atoms with E-state index in [9.17, 15) is 0 Å². The standard InChI is InChI=1S/C41H28N2/c1-2-10-27(11-3-1)28-18-20-29(21-19-28)40-32-12-4-6-14-34(32)41(35-15-7-5-13-33(35)40)31-22-24-37-30(26-31)23-25-39-42-36-16-8-9-17-38(36)43(37)39/h2,4-26H,1,3H2. The van der Waals surface area contributed by atoms with Crippen LogP contribution in [0.25, 0.3) is 77.0 Å². The first-order valence-corrected chi connectivity index (χ1v) is 15.0. The van der Waals surface area contributed by atoms with Gasteiger partial charge in [-0.2, -0.15) is 0 Å². The molecule has 6 aromatic carbocycles. The number of nitrogens with zero attached hydrogens (tertiary/aromatic N) is 2. The van der Waals surface area contributed by atoms with Gasteiger partial charge in [0.15, 0.2) is 0 Å². The van der Waals surface area contributed by atoms with Crippen molar-refractivity contribution < 1.29 is 0 Å². The Kier molecular flexibility index (Phi) is 5.36. The molecular weight excluding hydrogens is 520 g/mol. The molecule has 0 amide bonds. The minimum absolute atomic E-state index is 0.975. The van der Waals surface area contributed by atoms with Crippen molar-refractivity contribution in [3.05, 3.63) is 151 Å². The van der Waals surface area contributed by atoms with Crippen LogP contribution in [0.1, 0.15) is 18.4 Å². The highest BCUT2D eigenvalue weighted by Crippen LogP contribution is 2.44. The highest BCUT2D eigenvalue weighted by atomic mass is 15.0. The van der Waals surface area contributed by atoms with Crippen molar-refractivity contribution in [2.75, 3.05) is 0 Å². The highest BCUT2D eigenvalue weighted by molar-refractivity contribution is 6.21. The van der Waals surface area contributed by atoms with Gasteiger partial charge in [-0.3, -0.25) is 4.40 Å². The van der Waals surface area contributed by atoms with Crippen molar-refractivity contribution in [3.8, 4) is 22.3 Å². The second-order valence-corrected chi connectivity index (χ2v) is 11.5. The number of para-hydroxylation sites is 2. The van der Waals surface area contributed by atoms with E-state index in [1.165, 1.54) is 65.8 Å². The number of hydrogen-bond acceptors (Lipinski definition) is 1. The van der Waals surface area contributed by atoms with Gasteiger partial charge in [-0.15, -0.1) is 0 Å². The maximum Gasteiger partial charge on any atom is 0.138 e. The lowest BCUT2D eigenvalue weighted by Crippen LogP contribution is -1.93. The monoisotopic (exact) mass is 548 g/mol. The molecule has 9 rings (SSSR count). The van der Waals surface area contributed by atoms with Crippen LogP contribution >= 0.6 is 0 Å². The van der Waals surface area contributed by atoms with Gasteiger partial charge in [0, 0.05) is 0 Å². The number of aromatic nitrogens is 2. The molecular formula is C41H28N2. The molecule has 8 aromatic rings. The molecule has 1 aliphatic rings. The molecule has 0 atom stereocenters. The zero-order valence-corrected chi connectivity index (χ0v) is 23.7. The molecule has 202 valence electrons. The van der Waals surface area contributed by atoms with Crippen LogP contribution in [0, 0.1) is 0 Å². The fourth-order valence-electron chi connectivity index (χ4n) is 7.03. The van der Waals surface area contributed by atoms with Crippen molar-refractivity contribution in [1.29, 1.82) is 0 Å². The van der Waals surface area contributed by atoms with Crippen molar-refractivity contribution >= 4 is 54.7 Å². The van der Waals surface area contributed by atoms with Gasteiger partial charge in [0.25, 0.3) is 0 Å². The minimum atomic E-state index is 0.975. The number of benzene rings is 6. The van der Waals surface area contributed by atoms with E-state index in [4.69, 9.17) is 4.98 Å². The second kappa shape index (κ2) is 9.54. The molecule has 0 aliphatic heterocycles. The largest absolute Gasteiger partial charge is 0.292 e. The maximum absolute atomic E-state index is 4.85. The molecule has 2 heterocycles. The smallest absolute Gasteiger partial charge is 0.138 e. The number of hydrogen-bond donors (Lipinski definition) is 0. The summed E-state index contributed by atoms with van der Waals surface area (Å²) in [5.41, 5.74) is 11.9. The van der Waals surface area contributed by atoms with E-state index in [-0.39, 0.29) is 0 Å². The second-order valence-electron chi connectivity index (χ2n) is 11.5. The third kappa shape index (κ3) is 3.77. The first-order valence-electron chi connectivity index (χ1n) is 15.0. The van der Waals surface area contributed by atoms with E-state index in [1.54, 1.807) is 0 Å². The van der Waals surface area contributed by atoms with Gasteiger partial charge in [0.1, 0.15) is 5.65 Å². The average Bonchev–Trinajstić information content (AvgIpc) is 3.47. The zero-order valence-electron chi connectivity index (χ0n) is 23.7. The Morgan fingerprint density at radius 2 is 1.14 bits per heavy atom. The summed E-state index contributed by atoms with van der Waals surface area (Å²) >= 11 is 0. The van der Waals surface area contributed by atoms with Crippen LogP contribution in [0.15, 0.2) is 146 Å². The third-order valence-electron chi connectivity index (χ3n) is 8.99. The molecule has 2 heteroatoms. The number of allylic oxidation sites excluding steroid dienone is 4. The van der Waals surface area contributed by atoms with Crippen LogP contribution in [-0.2, 0) is 0 Å². The van der Waals surface area contributed by atoms with Gasteiger partial charge in [-0.25, -0.2) is 4.98 Å². The Bertz CT molecular complexity index is 2380. The maximum atomic E-state index is 4.85. The topological polar surface area (TPSA) is 17.3 Å². The first kappa shape index (κ1) is 24.2. The van der Waals surface area contributed by atoms with Crippen LogP contribution in [0.3, 0.4) is 0 Å². The van der Waals surface area contributed by atoms with E-state index < -0.39 is 0 Å². The summed E-state index contributed by atoms with van der Waals surface area (Å²) in [5.74, 6) is 0. The van der Waals surface area contributed by atoms with Gasteiger partial charge < -0.3 is 0 Å². The SMILES string of the molecule is C1=CC(c2ccc(-c3c4ccccc4c(-c4ccc5c(ccc6nc7ccccc7n65)c4)c4ccccc34)cc2)=CCC1. The molecule has 0 N–H and O–H groups in total. The quantitative estimate of drug-likeness (QED) is 0.201. The van der Waals surface area contributed by atoms with Crippen molar-refractivity contribution in [1.82, 2.24) is 9.38 Å². The third-order valence-corrected chi connectivity index (χ3v) is 8.99. The Hall–Kier alpha value is -5.47. The summed E-state index contributed by atoms with van der Waals surface area (Å²) in [6.07, 6.45) is 9.12. The zero-order chi connectivity index (χ0) is 28.3. The predicted molar refractivity (Wildman–Crippen MR) is 182 cm³/mol. The Morgan fingerprint density at radius 3 is 1.84 bits per heavy atom. The summed E-state index contributed by atoms with van der Waals surface area (Å²) in [5, 5.41) is 6.29. The van der Waals surface area contributed by atoms with Crippen molar-refractivity contribution in [3.63, 3.8) is 0 Å². The fourth-order valence-corrected chi connectivity index (χ4v) is 7.03. The highest BCUT2D eigenvalue weighted by Gasteiger charge is 2.17. The van der Waals surface area contributed by atoms with E-state index in [0.717, 1.165) is 29.5 Å². The van der Waals surface area contributed by atoms with E-state index >= 15 is 0 Å². The number of rotatable bonds is 3. The van der Waals surface area contributed by atoms with Crippen LogP contribution in [0.4, 0.5) is 0 Å². The normalized spacial score (nSPS) is 13.4. The van der Waals surface area contributed by atoms with Crippen LogP contribution in [0.2, 0.25) is 0 Å². The van der Waals surface area contributed by atoms with Gasteiger partial charge in [0.2, 0.25) is 0 Å². The summed E-state index contributed by atoms with van der Waals surface area (Å²) in [6, 6.07) is 46.5. The lowest BCUT2D eigenvalue weighted by atomic mass is 9.85. The van der Waals surface area contributed by atoms with E-state index in [2.05, 4.69) is 150 Å². The molecule has 2 nitrogen and oxygen atoms in total. The molecule has 0 radical (unpaired) electrons. The van der Waals surface area contributed by atoms with Gasteiger partial charge >= 0.3 is 0 Å². The summed E-state index contributed by atoms with van der Waals surface area (Å²) in [4.78, 5) is 4.85. The Morgan fingerprint density at radius 1 is 0.512 bits per heavy atom. The molecule has 0 fully saturated rings. The molecule has 0 unspecified atom stereocenters. The molecule has 1 aliphatic carbocycles. The Labute approximate surface area is 249 Å². The fraction of sp³-hybridized carbons (Fsp3) is 0.0488. The molecule has 0 bridgehead atoms. The van der Waals surface area contributed by atoms with Crippen molar-refractivity contribution in [2.24, 2.45) is 0 Å². The van der Waals surface area contributed by atoms with Gasteiger partial charge in [-0.05, 0) is 110 Å². The number of pyridine rings is 1. The van der Waals surface area contributed by atoms with E-state index in [0.29, 0.717) is 0 Å².